The van der Waals surface area contributed by atoms with Gasteiger partial charge in [-0.3, -0.25) is 4.79 Å². The van der Waals surface area contributed by atoms with Crippen molar-refractivity contribution in [1.29, 1.82) is 0 Å². The lowest BCUT2D eigenvalue weighted by atomic mass is 10.0. The molecule has 1 aromatic carbocycles. The number of rotatable bonds is 1. The third-order valence-electron chi connectivity index (χ3n) is 3.09. The molecule has 2 heterocycles. The number of hydrogen-bond donors (Lipinski definition) is 1. The van der Waals surface area contributed by atoms with Crippen LogP contribution in [0.15, 0.2) is 34.6 Å². The van der Waals surface area contributed by atoms with Crippen molar-refractivity contribution < 1.29 is 4.79 Å². The number of Topliss-reactive ketones (excluding diaryl/α,β-unsaturated/α-hetero) is 1. The minimum absolute atomic E-state index is 0.0468. The number of amidine groups is 1. The Kier molecular flexibility index (Phi) is 2.52. The number of hydrogen-bond acceptors (Lipinski definition) is 4. The van der Waals surface area contributed by atoms with Crippen molar-refractivity contribution in [3.63, 3.8) is 0 Å². The van der Waals surface area contributed by atoms with Crippen LogP contribution in [0.1, 0.15) is 33.3 Å². The van der Waals surface area contributed by atoms with Crippen LogP contribution in [-0.2, 0) is 6.42 Å². The predicted octanol–water partition coefficient (Wildman–Crippen LogP) is 2.89. The fraction of sp³-hybridized carbons (Fsp3) is 0.143. The zero-order valence-electron chi connectivity index (χ0n) is 9.93. The number of fused-ring (bicyclic) bond motifs is 2. The van der Waals surface area contributed by atoms with Crippen LogP contribution in [-0.4, -0.2) is 11.6 Å². The maximum absolute atomic E-state index is 11.4. The summed E-state index contributed by atoms with van der Waals surface area (Å²) >= 11 is 1.61. The minimum Gasteiger partial charge on any atom is -0.382 e. The van der Waals surface area contributed by atoms with Gasteiger partial charge in [-0.25, -0.2) is 4.99 Å². The summed E-state index contributed by atoms with van der Waals surface area (Å²) in [6, 6.07) is 7.72. The van der Waals surface area contributed by atoms with E-state index >= 15 is 0 Å². The first-order valence-corrected chi connectivity index (χ1v) is 6.58. The molecule has 2 N–H and O–H groups in total. The first-order valence-electron chi connectivity index (χ1n) is 5.70. The van der Waals surface area contributed by atoms with Crippen molar-refractivity contribution in [2.24, 2.45) is 10.7 Å². The summed E-state index contributed by atoms with van der Waals surface area (Å²) in [5.41, 5.74) is 9.81. The molecular weight excluding hydrogens is 244 g/mol. The van der Waals surface area contributed by atoms with Crippen LogP contribution in [0.5, 0.6) is 0 Å². The van der Waals surface area contributed by atoms with Gasteiger partial charge in [-0.1, -0.05) is 12.1 Å². The highest BCUT2D eigenvalue weighted by Gasteiger charge is 2.16. The van der Waals surface area contributed by atoms with E-state index in [0.29, 0.717) is 11.4 Å². The second kappa shape index (κ2) is 4.07. The lowest BCUT2D eigenvalue weighted by Gasteiger charge is -2.04. The normalized spacial score (nSPS) is 13.3. The van der Waals surface area contributed by atoms with Gasteiger partial charge in [0.15, 0.2) is 5.78 Å². The first-order chi connectivity index (χ1) is 8.65. The standard InChI is InChI=1S/C14H12N2OS/c1-8(17)9-2-3-10-6-11-4-5-18-13(11)14(15)16-12(10)7-9/h2-5,7H,6H2,1H3,(H2,15,16). The molecule has 1 aliphatic rings. The SMILES string of the molecule is CC(=O)c1ccc2c(c1)N=C(N)c1sccc1C2. The number of nitrogens with two attached hydrogens (primary N) is 1. The van der Waals surface area contributed by atoms with Crippen LogP contribution in [0, 0.1) is 0 Å². The van der Waals surface area contributed by atoms with Crippen molar-refractivity contribution in [3.8, 4) is 0 Å². The Hall–Kier alpha value is -1.94. The molecule has 3 rings (SSSR count). The smallest absolute Gasteiger partial charge is 0.159 e. The Morgan fingerprint density at radius 2 is 2.17 bits per heavy atom. The van der Waals surface area contributed by atoms with Gasteiger partial charge in [-0.15, -0.1) is 11.3 Å². The van der Waals surface area contributed by atoms with Gasteiger partial charge in [-0.05, 0) is 35.6 Å². The number of benzene rings is 1. The first kappa shape index (κ1) is 11.2. The van der Waals surface area contributed by atoms with E-state index in [0.717, 1.165) is 22.5 Å². The topological polar surface area (TPSA) is 55.5 Å². The Morgan fingerprint density at radius 1 is 1.33 bits per heavy atom. The van der Waals surface area contributed by atoms with Gasteiger partial charge in [0.05, 0.1) is 10.6 Å². The Labute approximate surface area is 109 Å². The Morgan fingerprint density at radius 3 is 2.94 bits per heavy atom. The van der Waals surface area contributed by atoms with Gasteiger partial charge in [0.1, 0.15) is 5.84 Å². The third-order valence-corrected chi connectivity index (χ3v) is 4.07. The van der Waals surface area contributed by atoms with E-state index in [4.69, 9.17) is 5.73 Å². The maximum Gasteiger partial charge on any atom is 0.159 e. The molecule has 2 aromatic rings. The summed E-state index contributed by atoms with van der Waals surface area (Å²) in [4.78, 5) is 16.9. The average Bonchev–Trinajstić information content (AvgIpc) is 2.74. The molecular formula is C14H12N2OS. The quantitative estimate of drug-likeness (QED) is 0.798. The highest BCUT2D eigenvalue weighted by molar-refractivity contribution is 7.12. The number of aliphatic imine (C=N–C) groups is 1. The Balaban J connectivity index is 2.18. The van der Waals surface area contributed by atoms with Gasteiger partial charge in [0, 0.05) is 12.0 Å². The molecule has 0 bridgehead atoms. The molecule has 0 aliphatic carbocycles. The monoisotopic (exact) mass is 256 g/mol. The summed E-state index contributed by atoms with van der Waals surface area (Å²) in [5.74, 6) is 0.588. The van der Waals surface area contributed by atoms with Crippen molar-refractivity contribution >= 4 is 28.6 Å². The van der Waals surface area contributed by atoms with Crippen molar-refractivity contribution in [1.82, 2.24) is 0 Å². The third kappa shape index (κ3) is 1.75. The molecule has 0 atom stereocenters. The number of carbonyl (C=O) groups is 1. The van der Waals surface area contributed by atoms with Crippen LogP contribution < -0.4 is 5.73 Å². The summed E-state index contributed by atoms with van der Waals surface area (Å²) in [6.45, 7) is 1.56. The lowest BCUT2D eigenvalue weighted by molar-refractivity contribution is 0.101. The van der Waals surface area contributed by atoms with Gasteiger partial charge in [0.2, 0.25) is 0 Å². The molecule has 0 amide bonds. The van der Waals surface area contributed by atoms with Crippen molar-refractivity contribution in [2.45, 2.75) is 13.3 Å². The van der Waals surface area contributed by atoms with E-state index in [1.165, 1.54) is 5.56 Å². The molecule has 3 nitrogen and oxygen atoms in total. The van der Waals surface area contributed by atoms with Crippen LogP contribution in [0.25, 0.3) is 0 Å². The zero-order valence-corrected chi connectivity index (χ0v) is 10.8. The molecule has 0 radical (unpaired) electrons. The molecule has 0 unspecified atom stereocenters. The second-order valence-corrected chi connectivity index (χ2v) is 5.26. The molecule has 1 aromatic heterocycles. The van der Waals surface area contributed by atoms with Gasteiger partial charge in [0.25, 0.3) is 0 Å². The molecule has 18 heavy (non-hydrogen) atoms. The summed E-state index contributed by atoms with van der Waals surface area (Å²) in [7, 11) is 0. The van der Waals surface area contributed by atoms with Crippen molar-refractivity contribution in [2.75, 3.05) is 0 Å². The van der Waals surface area contributed by atoms with Gasteiger partial charge < -0.3 is 5.73 Å². The fourth-order valence-corrected chi connectivity index (χ4v) is 2.95. The van der Waals surface area contributed by atoms with E-state index < -0.39 is 0 Å². The molecule has 0 saturated carbocycles. The highest BCUT2D eigenvalue weighted by Crippen LogP contribution is 2.31. The lowest BCUT2D eigenvalue weighted by Crippen LogP contribution is -2.11. The van der Waals surface area contributed by atoms with E-state index in [-0.39, 0.29) is 5.78 Å². The van der Waals surface area contributed by atoms with E-state index in [1.54, 1.807) is 18.3 Å². The molecule has 0 saturated heterocycles. The van der Waals surface area contributed by atoms with Gasteiger partial charge >= 0.3 is 0 Å². The zero-order chi connectivity index (χ0) is 12.7. The minimum atomic E-state index is 0.0468. The fourth-order valence-electron chi connectivity index (χ4n) is 2.12. The summed E-state index contributed by atoms with van der Waals surface area (Å²) < 4.78 is 0. The summed E-state index contributed by atoms with van der Waals surface area (Å²) in [6.07, 6.45) is 0.816. The predicted molar refractivity (Wildman–Crippen MR) is 74.0 cm³/mol. The number of nitrogens with zero attached hydrogens (tertiary/aromatic N) is 1. The second-order valence-electron chi connectivity index (χ2n) is 4.35. The van der Waals surface area contributed by atoms with Crippen LogP contribution in [0.3, 0.4) is 0 Å². The Bertz CT molecular complexity index is 670. The van der Waals surface area contributed by atoms with E-state index in [1.807, 2.05) is 23.6 Å². The summed E-state index contributed by atoms with van der Waals surface area (Å²) in [5, 5.41) is 2.03. The number of ketones is 1. The maximum atomic E-state index is 11.4. The average molecular weight is 256 g/mol. The van der Waals surface area contributed by atoms with E-state index in [2.05, 4.69) is 11.1 Å². The molecule has 90 valence electrons. The van der Waals surface area contributed by atoms with Crippen LogP contribution in [0.4, 0.5) is 5.69 Å². The van der Waals surface area contributed by atoms with Crippen LogP contribution >= 0.6 is 11.3 Å². The van der Waals surface area contributed by atoms with Crippen LogP contribution in [0.2, 0.25) is 0 Å². The highest BCUT2D eigenvalue weighted by atomic mass is 32.1. The molecule has 0 spiro atoms. The molecule has 4 heteroatoms. The number of thiophene rings is 1. The molecule has 0 fully saturated rings. The number of carbonyl (C=O) groups excluding carboxylic acids is 1. The molecule has 1 aliphatic heterocycles. The largest absolute Gasteiger partial charge is 0.382 e. The van der Waals surface area contributed by atoms with E-state index in [9.17, 15) is 4.79 Å². The van der Waals surface area contributed by atoms with Gasteiger partial charge in [-0.2, -0.15) is 0 Å². The van der Waals surface area contributed by atoms with Crippen molar-refractivity contribution in [3.05, 3.63) is 51.2 Å².